The molecule has 0 aromatic heterocycles. The van der Waals surface area contributed by atoms with Gasteiger partial charge >= 0.3 is 0 Å². The van der Waals surface area contributed by atoms with Crippen molar-refractivity contribution in [3.63, 3.8) is 0 Å². The molecule has 0 spiro atoms. The molecule has 1 amide bonds. The van der Waals surface area contributed by atoms with Gasteiger partial charge in [0, 0.05) is 24.7 Å². The Labute approximate surface area is 207 Å². The Morgan fingerprint density at radius 1 is 0.800 bits per heavy atom. The Kier molecular flexibility index (Phi) is 9.18. The molecule has 0 N–H and O–H groups in total. The van der Waals surface area contributed by atoms with E-state index in [0.29, 0.717) is 48.1 Å². The second-order valence-corrected chi connectivity index (χ2v) is 8.17. The molecule has 6 nitrogen and oxygen atoms in total. The molecule has 0 fully saturated rings. The summed E-state index contributed by atoms with van der Waals surface area (Å²) in [5, 5.41) is 0. The van der Waals surface area contributed by atoms with Crippen molar-refractivity contribution in [2.45, 2.75) is 13.3 Å². The lowest BCUT2D eigenvalue weighted by Crippen LogP contribution is -2.34. The van der Waals surface area contributed by atoms with Gasteiger partial charge in [-0.15, -0.1) is 0 Å². The van der Waals surface area contributed by atoms with Gasteiger partial charge in [-0.2, -0.15) is 0 Å². The van der Waals surface area contributed by atoms with E-state index in [4.69, 9.17) is 18.9 Å². The first-order valence-electron chi connectivity index (χ1n) is 11.4. The zero-order valence-electron chi connectivity index (χ0n) is 21.0. The first-order chi connectivity index (χ1) is 17.0. The van der Waals surface area contributed by atoms with Gasteiger partial charge in [0.15, 0.2) is 11.5 Å². The summed E-state index contributed by atoms with van der Waals surface area (Å²) in [7, 11) is 6.38. The molecule has 3 aromatic carbocycles. The summed E-state index contributed by atoms with van der Waals surface area (Å²) in [6.45, 7) is 3.05. The van der Waals surface area contributed by atoms with Crippen LogP contribution in [0, 0.1) is 0 Å². The van der Waals surface area contributed by atoms with Crippen LogP contribution in [0.1, 0.15) is 28.4 Å². The minimum atomic E-state index is -0.0940. The van der Waals surface area contributed by atoms with Crippen molar-refractivity contribution < 1.29 is 23.7 Å². The predicted octanol–water partition coefficient (Wildman–Crippen LogP) is 5.51. The minimum Gasteiger partial charge on any atom is -0.497 e. The van der Waals surface area contributed by atoms with E-state index < -0.39 is 0 Å². The second-order valence-electron chi connectivity index (χ2n) is 8.17. The number of ether oxygens (including phenoxy) is 4. The third kappa shape index (κ3) is 7.03. The van der Waals surface area contributed by atoms with Gasteiger partial charge in [0.05, 0.1) is 28.4 Å². The molecule has 0 aliphatic heterocycles. The topological polar surface area (TPSA) is 57.2 Å². The molecule has 0 aliphatic carbocycles. The van der Waals surface area contributed by atoms with Gasteiger partial charge in [0.2, 0.25) is 0 Å². The van der Waals surface area contributed by atoms with Gasteiger partial charge in [0.25, 0.3) is 5.91 Å². The van der Waals surface area contributed by atoms with E-state index in [-0.39, 0.29) is 5.91 Å². The number of methoxy groups -OCH3 is 4. The van der Waals surface area contributed by atoms with Crippen LogP contribution in [-0.2, 0) is 6.42 Å². The van der Waals surface area contributed by atoms with Gasteiger partial charge in [0.1, 0.15) is 11.5 Å². The van der Waals surface area contributed by atoms with Crippen molar-refractivity contribution in [1.29, 1.82) is 0 Å². The smallest absolute Gasteiger partial charge is 0.254 e. The lowest BCUT2D eigenvalue weighted by molar-refractivity contribution is 0.0771. The van der Waals surface area contributed by atoms with Crippen LogP contribution >= 0.6 is 0 Å². The molecule has 0 heterocycles. The molecule has 0 unspecified atom stereocenters. The molecule has 184 valence electrons. The number of carbonyl (C=O) groups excluding carboxylic acids is 1. The summed E-state index contributed by atoms with van der Waals surface area (Å²) in [4.78, 5) is 15.5. The molecule has 0 saturated carbocycles. The Morgan fingerprint density at radius 3 is 2.06 bits per heavy atom. The standard InChI is InChI=1S/C29H33NO5/c1-21(15-22-9-7-6-8-10-22)20-30(14-13-23-11-12-27(34-4)28(16-23)35-5)29(31)24-17-25(32-2)19-26(18-24)33-3/h6-12,15-19H,13-14,20H2,1-5H3. The van der Waals surface area contributed by atoms with Gasteiger partial charge in [-0.25, -0.2) is 0 Å². The first-order valence-corrected chi connectivity index (χ1v) is 11.4. The lowest BCUT2D eigenvalue weighted by atomic mass is 10.1. The Balaban J connectivity index is 1.88. The summed E-state index contributed by atoms with van der Waals surface area (Å²) in [6, 6.07) is 21.1. The Hall–Kier alpha value is -3.93. The summed E-state index contributed by atoms with van der Waals surface area (Å²) in [6.07, 6.45) is 2.76. The number of benzene rings is 3. The lowest BCUT2D eigenvalue weighted by Gasteiger charge is -2.24. The van der Waals surface area contributed by atoms with Crippen LogP contribution in [0.2, 0.25) is 0 Å². The number of rotatable bonds is 11. The molecule has 3 aromatic rings. The maximum Gasteiger partial charge on any atom is 0.254 e. The zero-order chi connectivity index (χ0) is 25.2. The number of hydrogen-bond acceptors (Lipinski definition) is 5. The van der Waals surface area contributed by atoms with Crippen molar-refractivity contribution in [1.82, 2.24) is 4.90 Å². The average molecular weight is 476 g/mol. The van der Waals surface area contributed by atoms with Crippen molar-refractivity contribution >= 4 is 12.0 Å². The minimum absolute atomic E-state index is 0.0940. The Morgan fingerprint density at radius 2 is 1.46 bits per heavy atom. The van der Waals surface area contributed by atoms with E-state index in [0.717, 1.165) is 16.7 Å². The third-order valence-electron chi connectivity index (χ3n) is 5.66. The van der Waals surface area contributed by atoms with Crippen molar-refractivity contribution in [3.05, 3.63) is 89.0 Å². The number of hydrogen-bond donors (Lipinski definition) is 0. The van der Waals surface area contributed by atoms with E-state index in [1.807, 2.05) is 60.4 Å². The van der Waals surface area contributed by atoms with E-state index in [1.165, 1.54) is 0 Å². The van der Waals surface area contributed by atoms with Gasteiger partial charge in [-0.1, -0.05) is 48.0 Å². The SMILES string of the molecule is COc1cc(OC)cc(C(=O)N(CCc2ccc(OC)c(OC)c2)CC(C)=Cc2ccccc2)c1. The molecule has 0 aliphatic rings. The molecule has 3 rings (SSSR count). The average Bonchev–Trinajstić information content (AvgIpc) is 2.90. The first kappa shape index (κ1) is 25.7. The second kappa shape index (κ2) is 12.5. The summed E-state index contributed by atoms with van der Waals surface area (Å²) < 4.78 is 21.5. The van der Waals surface area contributed by atoms with E-state index in [9.17, 15) is 4.79 Å². The quantitative estimate of drug-likeness (QED) is 0.366. The van der Waals surface area contributed by atoms with Crippen LogP contribution in [0.25, 0.3) is 6.08 Å². The van der Waals surface area contributed by atoms with Crippen molar-refractivity contribution in [3.8, 4) is 23.0 Å². The zero-order valence-corrected chi connectivity index (χ0v) is 21.0. The predicted molar refractivity (Wildman–Crippen MR) is 139 cm³/mol. The van der Waals surface area contributed by atoms with Gasteiger partial charge in [-0.3, -0.25) is 4.79 Å². The summed E-state index contributed by atoms with van der Waals surface area (Å²) in [5.74, 6) is 2.39. The molecule has 0 bridgehead atoms. The van der Waals surface area contributed by atoms with Crippen LogP contribution in [-0.4, -0.2) is 52.3 Å². The summed E-state index contributed by atoms with van der Waals surface area (Å²) >= 11 is 0. The maximum absolute atomic E-state index is 13.7. The van der Waals surface area contributed by atoms with E-state index in [1.54, 1.807) is 46.6 Å². The fourth-order valence-electron chi connectivity index (χ4n) is 3.85. The summed E-state index contributed by atoms with van der Waals surface area (Å²) in [5.41, 5.74) is 3.74. The van der Waals surface area contributed by atoms with Crippen LogP contribution in [0.3, 0.4) is 0 Å². The molecule has 0 atom stereocenters. The van der Waals surface area contributed by atoms with Crippen molar-refractivity contribution in [2.75, 3.05) is 41.5 Å². The van der Waals surface area contributed by atoms with Gasteiger partial charge in [-0.05, 0) is 48.7 Å². The molecule has 6 heteroatoms. The highest BCUT2D eigenvalue weighted by Gasteiger charge is 2.19. The highest BCUT2D eigenvalue weighted by atomic mass is 16.5. The largest absolute Gasteiger partial charge is 0.497 e. The van der Waals surface area contributed by atoms with Crippen molar-refractivity contribution in [2.24, 2.45) is 0 Å². The van der Waals surface area contributed by atoms with Crippen LogP contribution in [0.15, 0.2) is 72.3 Å². The number of amides is 1. The normalized spacial score (nSPS) is 11.1. The molecular weight excluding hydrogens is 442 g/mol. The third-order valence-corrected chi connectivity index (χ3v) is 5.66. The van der Waals surface area contributed by atoms with Crippen LogP contribution in [0.5, 0.6) is 23.0 Å². The van der Waals surface area contributed by atoms with Crippen LogP contribution in [0.4, 0.5) is 0 Å². The number of nitrogens with zero attached hydrogens (tertiary/aromatic N) is 1. The molecule has 0 radical (unpaired) electrons. The fraction of sp³-hybridized carbons (Fsp3) is 0.276. The molecule has 35 heavy (non-hydrogen) atoms. The molecular formula is C29H33NO5. The highest BCUT2D eigenvalue weighted by Crippen LogP contribution is 2.28. The van der Waals surface area contributed by atoms with E-state index >= 15 is 0 Å². The number of carbonyl (C=O) groups is 1. The van der Waals surface area contributed by atoms with Crippen LogP contribution < -0.4 is 18.9 Å². The van der Waals surface area contributed by atoms with E-state index in [2.05, 4.69) is 6.08 Å². The molecule has 0 saturated heterocycles. The maximum atomic E-state index is 13.7. The highest BCUT2D eigenvalue weighted by molar-refractivity contribution is 5.95. The van der Waals surface area contributed by atoms with Gasteiger partial charge < -0.3 is 23.8 Å². The fourth-order valence-corrected chi connectivity index (χ4v) is 3.85. The Bertz CT molecular complexity index is 1130. The monoisotopic (exact) mass is 475 g/mol.